The number of aliphatic hydroxyl groups excluding tert-OH is 1. The zero-order valence-electron chi connectivity index (χ0n) is 7.57. The van der Waals surface area contributed by atoms with Gasteiger partial charge >= 0.3 is 0 Å². The van der Waals surface area contributed by atoms with Crippen molar-refractivity contribution in [2.75, 3.05) is 0 Å². The highest BCUT2D eigenvalue weighted by molar-refractivity contribution is 6.21. The van der Waals surface area contributed by atoms with E-state index in [1.54, 1.807) is 6.92 Å². The summed E-state index contributed by atoms with van der Waals surface area (Å²) in [7, 11) is 0. The maximum absolute atomic E-state index is 9.62. The third-order valence-electron chi connectivity index (χ3n) is 1.90. The Morgan fingerprint density at radius 2 is 1.92 bits per heavy atom. The summed E-state index contributed by atoms with van der Waals surface area (Å²) in [4.78, 5) is 0. The topological polar surface area (TPSA) is 20.2 Å². The highest BCUT2D eigenvalue weighted by Gasteiger charge is 2.18. The summed E-state index contributed by atoms with van der Waals surface area (Å²) in [5, 5.41) is 9.21. The molecule has 0 amide bonds. The van der Waals surface area contributed by atoms with Crippen molar-refractivity contribution in [1.29, 1.82) is 0 Å². The zero-order chi connectivity index (χ0) is 9.84. The van der Waals surface area contributed by atoms with Crippen LogP contribution in [0.4, 0.5) is 0 Å². The zero-order valence-corrected chi connectivity index (χ0v) is 8.33. The van der Waals surface area contributed by atoms with Crippen LogP contribution in [0.2, 0.25) is 0 Å². The molecule has 0 bridgehead atoms. The molecule has 0 fully saturated rings. The maximum Gasteiger partial charge on any atom is 0.0949 e. The minimum Gasteiger partial charge on any atom is -0.387 e. The molecule has 1 rings (SSSR count). The second-order valence-electron chi connectivity index (χ2n) is 3.10. The van der Waals surface area contributed by atoms with Crippen LogP contribution in [0.15, 0.2) is 42.5 Å². The van der Waals surface area contributed by atoms with Crippen molar-refractivity contribution in [3.05, 3.63) is 48.0 Å². The number of benzene rings is 1. The van der Waals surface area contributed by atoms with E-state index in [1.165, 1.54) is 0 Å². The first-order chi connectivity index (χ1) is 6.13. The molecule has 0 saturated heterocycles. The largest absolute Gasteiger partial charge is 0.387 e. The first kappa shape index (κ1) is 10.3. The van der Waals surface area contributed by atoms with Crippen LogP contribution in [0, 0.1) is 0 Å². The standard InChI is InChI=1S/C11H13ClO/c1-8(2)11(13)10(12)9-6-4-3-5-7-9/h3-7,10-11,13H,1H2,2H3. The lowest BCUT2D eigenvalue weighted by atomic mass is 10.0. The number of aliphatic hydroxyl groups is 1. The van der Waals surface area contributed by atoms with Gasteiger partial charge in [-0.1, -0.05) is 42.5 Å². The smallest absolute Gasteiger partial charge is 0.0949 e. The van der Waals surface area contributed by atoms with E-state index in [9.17, 15) is 5.11 Å². The average molecular weight is 197 g/mol. The third-order valence-corrected chi connectivity index (χ3v) is 2.39. The van der Waals surface area contributed by atoms with Gasteiger partial charge < -0.3 is 5.11 Å². The molecule has 1 aromatic carbocycles. The van der Waals surface area contributed by atoms with Gasteiger partial charge in [-0.05, 0) is 12.5 Å². The van der Waals surface area contributed by atoms with Crippen LogP contribution < -0.4 is 0 Å². The van der Waals surface area contributed by atoms with Crippen LogP contribution in [0.5, 0.6) is 0 Å². The van der Waals surface area contributed by atoms with Gasteiger partial charge in [-0.15, -0.1) is 11.6 Å². The Labute approximate surface area is 83.7 Å². The molecule has 0 aliphatic carbocycles. The predicted octanol–water partition coefficient (Wildman–Crippen LogP) is 2.90. The van der Waals surface area contributed by atoms with Crippen molar-refractivity contribution in [3.8, 4) is 0 Å². The van der Waals surface area contributed by atoms with Gasteiger partial charge in [0.2, 0.25) is 0 Å². The molecule has 0 aromatic heterocycles. The molecule has 1 nitrogen and oxygen atoms in total. The summed E-state index contributed by atoms with van der Waals surface area (Å²) < 4.78 is 0. The van der Waals surface area contributed by atoms with Gasteiger partial charge in [-0.2, -0.15) is 0 Å². The van der Waals surface area contributed by atoms with Gasteiger partial charge in [0.15, 0.2) is 0 Å². The van der Waals surface area contributed by atoms with Crippen LogP contribution in [-0.2, 0) is 0 Å². The van der Waals surface area contributed by atoms with Crippen molar-refractivity contribution < 1.29 is 5.11 Å². The van der Waals surface area contributed by atoms with E-state index in [0.29, 0.717) is 5.57 Å². The molecule has 13 heavy (non-hydrogen) atoms. The van der Waals surface area contributed by atoms with Gasteiger partial charge in [0.25, 0.3) is 0 Å². The molecule has 0 spiro atoms. The van der Waals surface area contributed by atoms with Gasteiger partial charge in [0.1, 0.15) is 0 Å². The molecule has 0 aliphatic heterocycles. The third kappa shape index (κ3) is 2.58. The lowest BCUT2D eigenvalue weighted by Crippen LogP contribution is -2.14. The van der Waals surface area contributed by atoms with Crippen LogP contribution in [0.1, 0.15) is 17.9 Å². The summed E-state index contributed by atoms with van der Waals surface area (Å²) in [6.45, 7) is 5.43. The Bertz CT molecular complexity index is 281. The summed E-state index contributed by atoms with van der Waals surface area (Å²) in [6.07, 6.45) is -0.677. The van der Waals surface area contributed by atoms with Crippen molar-refractivity contribution in [1.82, 2.24) is 0 Å². The fraction of sp³-hybridized carbons (Fsp3) is 0.273. The van der Waals surface area contributed by atoms with Crippen molar-refractivity contribution in [2.24, 2.45) is 0 Å². The van der Waals surface area contributed by atoms with E-state index in [-0.39, 0.29) is 0 Å². The van der Waals surface area contributed by atoms with Crippen molar-refractivity contribution in [3.63, 3.8) is 0 Å². The predicted molar refractivity (Wildman–Crippen MR) is 55.9 cm³/mol. The Balaban J connectivity index is 2.79. The molecule has 2 atom stereocenters. The Morgan fingerprint density at radius 3 is 2.38 bits per heavy atom. The van der Waals surface area contributed by atoms with Crippen molar-refractivity contribution in [2.45, 2.75) is 18.4 Å². The van der Waals surface area contributed by atoms with Crippen LogP contribution in [0.3, 0.4) is 0 Å². The maximum atomic E-state index is 9.62. The highest BCUT2D eigenvalue weighted by Crippen LogP contribution is 2.26. The number of halogens is 1. The molecule has 0 heterocycles. The lowest BCUT2D eigenvalue weighted by Gasteiger charge is -2.16. The summed E-state index contributed by atoms with van der Waals surface area (Å²) in [6, 6.07) is 9.50. The molecule has 0 aliphatic rings. The molecular formula is C11H13ClO. The van der Waals surface area contributed by atoms with Gasteiger partial charge in [-0.3, -0.25) is 0 Å². The van der Waals surface area contributed by atoms with E-state index in [0.717, 1.165) is 5.56 Å². The number of hydrogen-bond acceptors (Lipinski definition) is 1. The number of alkyl halides is 1. The second kappa shape index (κ2) is 4.45. The van der Waals surface area contributed by atoms with Crippen LogP contribution in [-0.4, -0.2) is 11.2 Å². The lowest BCUT2D eigenvalue weighted by molar-refractivity contribution is 0.206. The van der Waals surface area contributed by atoms with E-state index in [4.69, 9.17) is 11.6 Å². The number of rotatable bonds is 3. The first-order valence-corrected chi connectivity index (χ1v) is 4.59. The summed E-state index contributed by atoms with van der Waals surface area (Å²) in [5.41, 5.74) is 1.60. The van der Waals surface area contributed by atoms with E-state index < -0.39 is 11.5 Å². The summed E-state index contributed by atoms with van der Waals surface area (Å²) in [5.74, 6) is 0. The molecular weight excluding hydrogens is 184 g/mol. The highest BCUT2D eigenvalue weighted by atomic mass is 35.5. The van der Waals surface area contributed by atoms with E-state index >= 15 is 0 Å². The van der Waals surface area contributed by atoms with Crippen molar-refractivity contribution >= 4 is 11.6 Å². The normalized spacial score (nSPS) is 15.0. The summed E-state index contributed by atoms with van der Waals surface area (Å²) >= 11 is 6.04. The molecule has 1 aromatic rings. The van der Waals surface area contributed by atoms with Gasteiger partial charge in [0, 0.05) is 0 Å². The molecule has 70 valence electrons. The Morgan fingerprint density at radius 1 is 1.38 bits per heavy atom. The van der Waals surface area contributed by atoms with E-state index in [1.807, 2.05) is 30.3 Å². The van der Waals surface area contributed by atoms with Gasteiger partial charge in [0.05, 0.1) is 11.5 Å². The van der Waals surface area contributed by atoms with E-state index in [2.05, 4.69) is 6.58 Å². The van der Waals surface area contributed by atoms with Gasteiger partial charge in [-0.25, -0.2) is 0 Å². The Kier molecular flexibility index (Phi) is 3.52. The number of hydrogen-bond donors (Lipinski definition) is 1. The quantitative estimate of drug-likeness (QED) is 0.582. The molecule has 0 saturated carbocycles. The molecule has 2 unspecified atom stereocenters. The van der Waals surface area contributed by atoms with Crippen LogP contribution in [0.25, 0.3) is 0 Å². The van der Waals surface area contributed by atoms with Crippen LogP contribution >= 0.6 is 11.6 Å². The molecule has 2 heteroatoms. The monoisotopic (exact) mass is 196 g/mol. The SMILES string of the molecule is C=C(C)C(O)C(Cl)c1ccccc1. The fourth-order valence-corrected chi connectivity index (χ4v) is 1.43. The second-order valence-corrected chi connectivity index (χ2v) is 3.57. The molecule has 1 N–H and O–H groups in total. The Hall–Kier alpha value is -0.790. The first-order valence-electron chi connectivity index (χ1n) is 4.15. The minimum atomic E-state index is -0.677. The molecule has 0 radical (unpaired) electrons. The fourth-order valence-electron chi connectivity index (χ4n) is 1.07. The minimum absolute atomic E-state index is 0.404. The average Bonchev–Trinajstić information content (AvgIpc) is 2.17.